The number of halogens is 2. The van der Waals surface area contributed by atoms with Gasteiger partial charge in [0.25, 0.3) is 0 Å². The molecule has 0 saturated carbocycles. The van der Waals surface area contributed by atoms with E-state index in [1.54, 1.807) is 12.1 Å². The summed E-state index contributed by atoms with van der Waals surface area (Å²) >= 11 is 12.9. The van der Waals surface area contributed by atoms with Crippen molar-refractivity contribution in [3.05, 3.63) is 22.2 Å². The van der Waals surface area contributed by atoms with Crippen LogP contribution in [0.25, 0.3) is 0 Å². The first-order valence-corrected chi connectivity index (χ1v) is 6.39. The van der Waals surface area contributed by atoms with Crippen molar-refractivity contribution in [3.8, 4) is 0 Å². The SMILES string of the molecule is CSc1cc(Cl)c([SH](=O)=O)c(Cl)c1. The summed E-state index contributed by atoms with van der Waals surface area (Å²) in [5, 5.41) is 0.348. The van der Waals surface area contributed by atoms with E-state index in [1.165, 1.54) is 11.8 Å². The van der Waals surface area contributed by atoms with Gasteiger partial charge in [-0.25, -0.2) is 8.42 Å². The molecule has 0 saturated heterocycles. The van der Waals surface area contributed by atoms with Crippen LogP contribution in [-0.4, -0.2) is 14.7 Å². The first-order chi connectivity index (χ1) is 6.06. The Kier molecular flexibility index (Phi) is 3.91. The van der Waals surface area contributed by atoms with Crippen LogP contribution in [0.2, 0.25) is 10.0 Å². The summed E-state index contributed by atoms with van der Waals surface area (Å²) in [6.45, 7) is 0. The largest absolute Gasteiger partial charge is 0.227 e. The van der Waals surface area contributed by atoms with E-state index in [1.807, 2.05) is 6.26 Å². The normalized spacial score (nSPS) is 10.8. The van der Waals surface area contributed by atoms with Gasteiger partial charge in [-0.05, 0) is 18.4 Å². The van der Waals surface area contributed by atoms with Crippen molar-refractivity contribution < 1.29 is 8.42 Å². The second-order valence-corrected chi connectivity index (χ2v) is 4.85. The molecule has 1 aromatic carbocycles. The zero-order chi connectivity index (χ0) is 10.0. The Labute approximate surface area is 92.2 Å². The third-order valence-corrected chi connectivity index (χ3v) is 3.82. The van der Waals surface area contributed by atoms with E-state index in [0.29, 0.717) is 0 Å². The highest BCUT2D eigenvalue weighted by Gasteiger charge is 2.09. The molecule has 0 unspecified atom stereocenters. The van der Waals surface area contributed by atoms with E-state index < -0.39 is 10.7 Å². The maximum Gasteiger partial charge on any atom is 0.171 e. The molecule has 6 heteroatoms. The Morgan fingerprint density at radius 2 is 1.69 bits per heavy atom. The molecule has 1 aromatic rings. The van der Waals surface area contributed by atoms with Crippen molar-refractivity contribution in [2.75, 3.05) is 6.26 Å². The molecule has 2 nitrogen and oxygen atoms in total. The molecular weight excluding hydrogens is 251 g/mol. The van der Waals surface area contributed by atoms with Gasteiger partial charge in [-0.1, -0.05) is 23.2 Å². The van der Waals surface area contributed by atoms with Crippen LogP contribution in [0.1, 0.15) is 0 Å². The summed E-state index contributed by atoms with van der Waals surface area (Å²) in [5.41, 5.74) is 0. The number of thiol groups is 1. The molecule has 0 radical (unpaired) electrons. The highest BCUT2D eigenvalue weighted by Crippen LogP contribution is 2.31. The lowest BCUT2D eigenvalue weighted by Crippen LogP contribution is -1.85. The van der Waals surface area contributed by atoms with Crippen LogP contribution >= 0.6 is 35.0 Å². The Balaban J connectivity index is 3.39. The predicted octanol–water partition coefficient (Wildman–Crippen LogP) is 2.69. The van der Waals surface area contributed by atoms with E-state index in [0.717, 1.165) is 4.90 Å². The molecule has 0 aliphatic heterocycles. The topological polar surface area (TPSA) is 34.1 Å². The van der Waals surface area contributed by atoms with Crippen molar-refractivity contribution in [3.63, 3.8) is 0 Å². The van der Waals surface area contributed by atoms with Crippen LogP contribution in [0.3, 0.4) is 0 Å². The van der Waals surface area contributed by atoms with Gasteiger partial charge in [0.05, 0.1) is 10.0 Å². The Hall–Kier alpha value is 0.1000. The van der Waals surface area contributed by atoms with E-state index in [4.69, 9.17) is 23.2 Å². The second kappa shape index (κ2) is 4.55. The first kappa shape index (κ1) is 11.2. The van der Waals surface area contributed by atoms with Gasteiger partial charge in [-0.3, -0.25) is 0 Å². The predicted molar refractivity (Wildman–Crippen MR) is 56.8 cm³/mol. The number of benzene rings is 1. The molecule has 0 bridgehead atoms. The monoisotopic (exact) mass is 256 g/mol. The molecule has 13 heavy (non-hydrogen) atoms. The summed E-state index contributed by atoms with van der Waals surface area (Å²) < 4.78 is 21.4. The van der Waals surface area contributed by atoms with Crippen LogP contribution < -0.4 is 0 Å². The van der Waals surface area contributed by atoms with Gasteiger partial charge in [0.1, 0.15) is 4.90 Å². The van der Waals surface area contributed by atoms with Crippen LogP contribution in [0.5, 0.6) is 0 Å². The Morgan fingerprint density at radius 1 is 1.23 bits per heavy atom. The third-order valence-electron chi connectivity index (χ3n) is 1.41. The highest BCUT2D eigenvalue weighted by atomic mass is 35.5. The average Bonchev–Trinajstić information content (AvgIpc) is 2.02. The van der Waals surface area contributed by atoms with E-state index >= 15 is 0 Å². The molecule has 0 spiro atoms. The molecule has 1 rings (SSSR count). The number of hydrogen-bond donors (Lipinski definition) is 1. The van der Waals surface area contributed by atoms with Gasteiger partial charge in [-0.2, -0.15) is 0 Å². The van der Waals surface area contributed by atoms with Crippen LogP contribution in [-0.2, 0) is 10.7 Å². The number of thioether (sulfide) groups is 1. The minimum absolute atomic E-state index is 0.00358. The minimum Gasteiger partial charge on any atom is -0.227 e. The third kappa shape index (κ3) is 2.53. The lowest BCUT2D eigenvalue weighted by atomic mass is 10.3. The van der Waals surface area contributed by atoms with Crippen LogP contribution in [0.15, 0.2) is 21.9 Å². The van der Waals surface area contributed by atoms with Crippen molar-refractivity contribution in [2.45, 2.75) is 9.79 Å². The molecule has 0 N–H and O–H groups in total. The quantitative estimate of drug-likeness (QED) is 0.653. The minimum atomic E-state index is -2.73. The fourth-order valence-corrected chi connectivity index (χ4v) is 2.81. The smallest absolute Gasteiger partial charge is 0.171 e. The fourth-order valence-electron chi connectivity index (χ4n) is 0.835. The Morgan fingerprint density at radius 3 is 2.00 bits per heavy atom. The highest BCUT2D eigenvalue weighted by molar-refractivity contribution is 7.98. The molecule has 72 valence electrons. The summed E-state index contributed by atoms with van der Waals surface area (Å²) in [6.07, 6.45) is 1.86. The lowest BCUT2D eigenvalue weighted by molar-refractivity contribution is 0.614. The molecule has 0 aliphatic carbocycles. The number of hydrogen-bond acceptors (Lipinski definition) is 3. The first-order valence-electron chi connectivity index (χ1n) is 3.23. The molecule has 0 fully saturated rings. The molecule has 0 aromatic heterocycles. The van der Waals surface area contributed by atoms with Gasteiger partial charge >= 0.3 is 0 Å². The zero-order valence-electron chi connectivity index (χ0n) is 6.58. The fraction of sp³-hybridized carbons (Fsp3) is 0.143. The number of rotatable bonds is 2. The second-order valence-electron chi connectivity index (χ2n) is 2.20. The van der Waals surface area contributed by atoms with Crippen LogP contribution in [0, 0.1) is 0 Å². The summed E-state index contributed by atoms with van der Waals surface area (Å²) in [5.74, 6) is 0. The Bertz CT molecular complexity index is 370. The summed E-state index contributed by atoms with van der Waals surface area (Å²) in [7, 11) is -2.73. The van der Waals surface area contributed by atoms with E-state index in [9.17, 15) is 8.42 Å². The summed E-state index contributed by atoms with van der Waals surface area (Å²) in [6, 6.07) is 3.16. The van der Waals surface area contributed by atoms with E-state index in [2.05, 4.69) is 0 Å². The van der Waals surface area contributed by atoms with Gasteiger partial charge in [0.2, 0.25) is 0 Å². The summed E-state index contributed by atoms with van der Waals surface area (Å²) in [4.78, 5) is 0.840. The lowest BCUT2D eigenvalue weighted by Gasteiger charge is -2.02. The molecular formula is C7H6Cl2O2S2. The van der Waals surface area contributed by atoms with Crippen LogP contribution in [0.4, 0.5) is 0 Å². The average molecular weight is 257 g/mol. The molecule has 0 amide bonds. The molecule has 0 heterocycles. The van der Waals surface area contributed by atoms with Gasteiger partial charge < -0.3 is 0 Å². The van der Waals surface area contributed by atoms with Gasteiger partial charge in [-0.15, -0.1) is 11.8 Å². The van der Waals surface area contributed by atoms with Gasteiger partial charge in [0, 0.05) is 4.90 Å². The van der Waals surface area contributed by atoms with Crippen molar-refractivity contribution >= 4 is 45.7 Å². The molecule has 0 aliphatic rings. The van der Waals surface area contributed by atoms with E-state index in [-0.39, 0.29) is 14.9 Å². The maximum atomic E-state index is 10.7. The maximum absolute atomic E-state index is 10.7. The van der Waals surface area contributed by atoms with Crippen molar-refractivity contribution in [1.29, 1.82) is 0 Å². The standard InChI is InChI=1S/C7H6Cl2O2S2/c1-12-4-2-5(8)7(13(10)11)6(9)3-4/h2-3,13H,1H3. The van der Waals surface area contributed by atoms with Gasteiger partial charge in [0.15, 0.2) is 10.7 Å². The van der Waals surface area contributed by atoms with Crippen molar-refractivity contribution in [1.82, 2.24) is 0 Å². The molecule has 0 atom stereocenters. The van der Waals surface area contributed by atoms with Crippen molar-refractivity contribution in [2.24, 2.45) is 0 Å². The zero-order valence-corrected chi connectivity index (χ0v) is 9.81.